The number of para-hydroxylation sites is 1. The van der Waals surface area contributed by atoms with E-state index in [4.69, 9.17) is 10.2 Å². The normalized spacial score (nSPS) is 14.2. The second kappa shape index (κ2) is 5.22. The zero-order valence-corrected chi connectivity index (χ0v) is 10.4. The maximum absolute atomic E-state index is 12.2. The Morgan fingerprint density at radius 3 is 2.63 bits per heavy atom. The van der Waals surface area contributed by atoms with Crippen molar-refractivity contribution in [3.05, 3.63) is 36.1 Å². The summed E-state index contributed by atoms with van der Waals surface area (Å²) in [6.45, 7) is -0.903. The number of nitrogens with zero attached hydrogens (tertiary/aromatic N) is 1. The third kappa shape index (κ3) is 3.71. The number of rotatable bonds is 4. The first-order valence-corrected chi connectivity index (χ1v) is 5.84. The molecule has 2 N–H and O–H groups in total. The van der Waals surface area contributed by atoms with Gasteiger partial charge in [-0.3, -0.25) is 4.90 Å². The van der Waals surface area contributed by atoms with Crippen LogP contribution in [-0.2, 0) is 0 Å². The van der Waals surface area contributed by atoms with Gasteiger partial charge in [0, 0.05) is 11.9 Å². The molecule has 104 valence electrons. The average molecular weight is 272 g/mol. The van der Waals surface area contributed by atoms with Crippen molar-refractivity contribution >= 4 is 11.0 Å². The lowest BCUT2D eigenvalue weighted by atomic mass is 10.2. The van der Waals surface area contributed by atoms with Crippen molar-refractivity contribution in [2.24, 2.45) is 5.73 Å². The van der Waals surface area contributed by atoms with Gasteiger partial charge in [-0.1, -0.05) is 18.2 Å². The van der Waals surface area contributed by atoms with Crippen LogP contribution in [0.5, 0.6) is 0 Å². The Hall–Kier alpha value is -1.53. The molecule has 0 saturated heterocycles. The zero-order valence-electron chi connectivity index (χ0n) is 10.4. The van der Waals surface area contributed by atoms with Gasteiger partial charge in [-0.25, -0.2) is 0 Å². The Balaban J connectivity index is 2.05. The number of halogens is 3. The summed E-state index contributed by atoms with van der Waals surface area (Å²) in [6, 6.07) is 8.54. The molecule has 0 aliphatic rings. The first kappa shape index (κ1) is 13.9. The monoisotopic (exact) mass is 272 g/mol. The van der Waals surface area contributed by atoms with E-state index in [1.165, 1.54) is 7.05 Å². The molecule has 1 unspecified atom stereocenters. The first-order valence-electron chi connectivity index (χ1n) is 5.84. The van der Waals surface area contributed by atoms with E-state index in [0.717, 1.165) is 10.3 Å². The summed E-state index contributed by atoms with van der Waals surface area (Å²) in [5, 5.41) is 0.895. The van der Waals surface area contributed by atoms with Gasteiger partial charge < -0.3 is 10.2 Å². The molecule has 1 aromatic carbocycles. The Bertz CT molecular complexity index is 517. The molecule has 0 fully saturated rings. The fraction of sp³-hybridized carbons (Fsp3) is 0.385. The van der Waals surface area contributed by atoms with Gasteiger partial charge in [-0.2, -0.15) is 13.2 Å². The van der Waals surface area contributed by atoms with Crippen LogP contribution >= 0.6 is 0 Å². The lowest BCUT2D eigenvalue weighted by Gasteiger charge is -2.21. The van der Waals surface area contributed by atoms with Crippen LogP contribution in [-0.4, -0.2) is 31.2 Å². The van der Waals surface area contributed by atoms with Gasteiger partial charge in [-0.05, 0) is 19.2 Å². The van der Waals surface area contributed by atoms with E-state index in [-0.39, 0.29) is 6.54 Å². The molecule has 0 saturated carbocycles. The summed E-state index contributed by atoms with van der Waals surface area (Å²) in [7, 11) is 1.38. The Kier molecular flexibility index (Phi) is 3.82. The van der Waals surface area contributed by atoms with Gasteiger partial charge in [0.05, 0.1) is 12.6 Å². The van der Waals surface area contributed by atoms with Crippen LogP contribution < -0.4 is 5.73 Å². The predicted molar refractivity (Wildman–Crippen MR) is 66.7 cm³/mol. The molecule has 1 atom stereocenters. The highest BCUT2D eigenvalue weighted by Gasteiger charge is 2.30. The summed E-state index contributed by atoms with van der Waals surface area (Å²) in [4.78, 5) is 1.14. The van der Waals surface area contributed by atoms with Crippen LogP contribution in [0.2, 0.25) is 0 Å². The molecule has 0 radical (unpaired) electrons. The van der Waals surface area contributed by atoms with Gasteiger partial charge in [0.2, 0.25) is 0 Å². The second-order valence-electron chi connectivity index (χ2n) is 4.61. The highest BCUT2D eigenvalue weighted by Crippen LogP contribution is 2.23. The van der Waals surface area contributed by atoms with E-state index < -0.39 is 18.8 Å². The van der Waals surface area contributed by atoms with E-state index in [1.54, 1.807) is 12.1 Å². The maximum atomic E-state index is 12.2. The van der Waals surface area contributed by atoms with E-state index >= 15 is 0 Å². The summed E-state index contributed by atoms with van der Waals surface area (Å²) < 4.78 is 42.2. The summed E-state index contributed by atoms with van der Waals surface area (Å²) in [6.07, 6.45) is -4.22. The molecule has 0 aliphatic carbocycles. The predicted octanol–water partition coefficient (Wildman–Crippen LogP) is 2.93. The van der Waals surface area contributed by atoms with Crippen molar-refractivity contribution in [2.45, 2.75) is 12.2 Å². The molecule has 3 nitrogen and oxygen atoms in total. The highest BCUT2D eigenvalue weighted by molar-refractivity contribution is 5.77. The number of hydrogen-bond donors (Lipinski definition) is 1. The molecule has 0 aliphatic heterocycles. The molecule has 0 amide bonds. The van der Waals surface area contributed by atoms with Crippen molar-refractivity contribution in [3.8, 4) is 0 Å². The quantitative estimate of drug-likeness (QED) is 0.930. The Morgan fingerprint density at radius 1 is 1.32 bits per heavy atom. The molecule has 2 aromatic rings. The van der Waals surface area contributed by atoms with Gasteiger partial charge in [0.25, 0.3) is 0 Å². The minimum Gasteiger partial charge on any atom is -0.459 e. The van der Waals surface area contributed by atoms with Crippen LogP contribution in [0.15, 0.2) is 34.7 Å². The molecular weight excluding hydrogens is 257 g/mol. The number of hydrogen-bond acceptors (Lipinski definition) is 3. The van der Waals surface area contributed by atoms with Crippen molar-refractivity contribution < 1.29 is 17.6 Å². The van der Waals surface area contributed by atoms with Crippen molar-refractivity contribution in [3.63, 3.8) is 0 Å². The lowest BCUT2D eigenvalue weighted by molar-refractivity contribution is -0.143. The van der Waals surface area contributed by atoms with Crippen molar-refractivity contribution in [1.82, 2.24) is 4.90 Å². The number of alkyl halides is 3. The molecule has 19 heavy (non-hydrogen) atoms. The number of furan rings is 1. The summed E-state index contributed by atoms with van der Waals surface area (Å²) in [5.41, 5.74) is 6.56. The van der Waals surface area contributed by atoms with Gasteiger partial charge in [-0.15, -0.1) is 0 Å². The van der Waals surface area contributed by atoms with E-state index in [0.29, 0.717) is 11.3 Å². The minimum absolute atomic E-state index is 0.0827. The van der Waals surface area contributed by atoms with Crippen molar-refractivity contribution in [1.29, 1.82) is 0 Å². The zero-order chi connectivity index (χ0) is 14.0. The topological polar surface area (TPSA) is 42.4 Å². The Morgan fingerprint density at radius 2 is 2.00 bits per heavy atom. The number of benzene rings is 1. The first-order chi connectivity index (χ1) is 8.85. The number of nitrogens with two attached hydrogens (primary N) is 1. The molecule has 6 heteroatoms. The second-order valence-corrected chi connectivity index (χ2v) is 4.61. The van der Waals surface area contributed by atoms with Crippen LogP contribution in [0.1, 0.15) is 11.8 Å². The molecule has 2 rings (SSSR count). The van der Waals surface area contributed by atoms with E-state index in [2.05, 4.69) is 0 Å². The smallest absolute Gasteiger partial charge is 0.401 e. The third-order valence-corrected chi connectivity index (χ3v) is 2.77. The van der Waals surface area contributed by atoms with E-state index in [1.807, 2.05) is 18.2 Å². The van der Waals surface area contributed by atoms with E-state index in [9.17, 15) is 13.2 Å². The number of likely N-dealkylation sites (N-methyl/N-ethyl adjacent to an activating group) is 1. The van der Waals surface area contributed by atoms with Crippen LogP contribution in [0, 0.1) is 0 Å². The highest BCUT2D eigenvalue weighted by atomic mass is 19.4. The molecule has 1 heterocycles. The maximum Gasteiger partial charge on any atom is 0.401 e. The Labute approximate surface area is 108 Å². The summed E-state index contributed by atoms with van der Waals surface area (Å²) in [5.74, 6) is 0.496. The van der Waals surface area contributed by atoms with Gasteiger partial charge in [0.15, 0.2) is 0 Å². The average Bonchev–Trinajstić information content (AvgIpc) is 2.69. The van der Waals surface area contributed by atoms with Crippen LogP contribution in [0.4, 0.5) is 13.2 Å². The molecular formula is C13H15F3N2O. The molecule has 0 spiro atoms. The SMILES string of the molecule is CN(CC(N)c1cc2ccccc2o1)CC(F)(F)F. The summed E-state index contributed by atoms with van der Waals surface area (Å²) >= 11 is 0. The third-order valence-electron chi connectivity index (χ3n) is 2.77. The van der Waals surface area contributed by atoms with Crippen molar-refractivity contribution in [2.75, 3.05) is 20.1 Å². The fourth-order valence-electron chi connectivity index (χ4n) is 1.98. The molecule has 1 aromatic heterocycles. The van der Waals surface area contributed by atoms with Crippen LogP contribution in [0.3, 0.4) is 0 Å². The minimum atomic E-state index is -4.22. The van der Waals surface area contributed by atoms with Crippen LogP contribution in [0.25, 0.3) is 11.0 Å². The fourth-order valence-corrected chi connectivity index (χ4v) is 1.98. The van der Waals surface area contributed by atoms with Gasteiger partial charge >= 0.3 is 6.18 Å². The van der Waals surface area contributed by atoms with Gasteiger partial charge in [0.1, 0.15) is 11.3 Å². The standard InChI is InChI=1S/C13H15F3N2O/c1-18(8-13(14,15)16)7-10(17)12-6-9-4-2-3-5-11(9)19-12/h2-6,10H,7-8,17H2,1H3. The largest absolute Gasteiger partial charge is 0.459 e. The number of fused-ring (bicyclic) bond motifs is 1. The molecule has 0 bridgehead atoms. The lowest BCUT2D eigenvalue weighted by Crippen LogP contribution is -2.36.